The quantitative estimate of drug-likeness (QED) is 0.784. The molecule has 0 aliphatic rings. The number of hydrogen-bond donors (Lipinski definition) is 1. The van der Waals surface area contributed by atoms with Gasteiger partial charge < -0.3 is 14.8 Å². The summed E-state index contributed by atoms with van der Waals surface area (Å²) >= 11 is 0. The molecule has 6 nitrogen and oxygen atoms in total. The zero-order valence-electron chi connectivity index (χ0n) is 10.9. The van der Waals surface area contributed by atoms with Crippen LogP contribution in [0.5, 0.6) is 12.0 Å². The van der Waals surface area contributed by atoms with Crippen LogP contribution in [-0.4, -0.2) is 34.7 Å². The van der Waals surface area contributed by atoms with Crippen LogP contribution < -0.4 is 14.8 Å². The molecule has 0 fully saturated rings. The number of nitrogens with one attached hydrogen (secondary N) is 1. The molecule has 1 aromatic rings. The molecule has 96 valence electrons. The second kappa shape index (κ2) is 6.88. The fraction of sp³-hybridized carbons (Fsp3) is 0.727. The molecule has 0 amide bonds. The first kappa shape index (κ1) is 13.5. The first-order chi connectivity index (χ1) is 8.19. The minimum absolute atomic E-state index is 0.0848. The number of rotatable bonds is 7. The molecule has 0 spiro atoms. The Bertz CT molecular complexity index is 346. The molecular formula is C11H20N4O2. The van der Waals surface area contributed by atoms with Gasteiger partial charge in [0.1, 0.15) is 0 Å². The average molecular weight is 240 g/mol. The third kappa shape index (κ3) is 4.42. The van der Waals surface area contributed by atoms with Gasteiger partial charge in [-0.3, -0.25) is 0 Å². The first-order valence-corrected chi connectivity index (χ1v) is 5.90. The summed E-state index contributed by atoms with van der Waals surface area (Å²) in [7, 11) is 1.52. The van der Waals surface area contributed by atoms with E-state index in [0.717, 1.165) is 19.4 Å². The average Bonchev–Trinajstić information content (AvgIpc) is 2.29. The van der Waals surface area contributed by atoms with Crippen molar-refractivity contribution in [1.82, 2.24) is 15.0 Å². The van der Waals surface area contributed by atoms with Crippen LogP contribution in [0.4, 0.5) is 5.95 Å². The fourth-order valence-electron chi connectivity index (χ4n) is 1.36. The maximum Gasteiger partial charge on any atom is 0.324 e. The molecule has 1 aromatic heterocycles. The van der Waals surface area contributed by atoms with Crippen molar-refractivity contribution in [2.75, 3.05) is 19.0 Å². The van der Waals surface area contributed by atoms with E-state index in [1.54, 1.807) is 0 Å². The van der Waals surface area contributed by atoms with Crippen LogP contribution in [0.15, 0.2) is 0 Å². The van der Waals surface area contributed by atoms with Crippen LogP contribution in [0.1, 0.15) is 33.6 Å². The van der Waals surface area contributed by atoms with Gasteiger partial charge in [-0.05, 0) is 20.3 Å². The summed E-state index contributed by atoms with van der Waals surface area (Å²) in [6, 6.07) is 0.559. The standard InChI is InChI=1S/C11H20N4O2/c1-5-7-8(3)17-11-14-9(12-6-2)13-10(15-11)16-4/h8H,5-7H2,1-4H3,(H,12,13,14,15). The van der Waals surface area contributed by atoms with Crippen LogP contribution in [0.25, 0.3) is 0 Å². The van der Waals surface area contributed by atoms with Gasteiger partial charge in [-0.15, -0.1) is 4.98 Å². The predicted octanol–water partition coefficient (Wildman–Crippen LogP) is 1.88. The number of ether oxygens (including phenoxy) is 2. The van der Waals surface area contributed by atoms with Gasteiger partial charge in [0, 0.05) is 6.54 Å². The Morgan fingerprint density at radius 3 is 2.47 bits per heavy atom. The third-order valence-corrected chi connectivity index (χ3v) is 2.11. The summed E-state index contributed by atoms with van der Waals surface area (Å²) in [6.07, 6.45) is 2.11. The van der Waals surface area contributed by atoms with E-state index in [1.807, 2.05) is 13.8 Å². The van der Waals surface area contributed by atoms with E-state index in [-0.39, 0.29) is 12.1 Å². The second-order valence-electron chi connectivity index (χ2n) is 3.68. The maximum absolute atomic E-state index is 5.60. The zero-order valence-corrected chi connectivity index (χ0v) is 10.9. The van der Waals surface area contributed by atoms with E-state index in [1.165, 1.54) is 7.11 Å². The number of nitrogens with zero attached hydrogens (tertiary/aromatic N) is 3. The van der Waals surface area contributed by atoms with Gasteiger partial charge >= 0.3 is 12.0 Å². The molecule has 0 aliphatic heterocycles. The van der Waals surface area contributed by atoms with E-state index in [4.69, 9.17) is 9.47 Å². The molecule has 0 aromatic carbocycles. The highest BCUT2D eigenvalue weighted by molar-refractivity contribution is 5.27. The molecule has 0 saturated carbocycles. The van der Waals surface area contributed by atoms with Crippen molar-refractivity contribution in [1.29, 1.82) is 0 Å². The monoisotopic (exact) mass is 240 g/mol. The van der Waals surface area contributed by atoms with Crippen molar-refractivity contribution in [3.05, 3.63) is 0 Å². The Labute approximate surface area is 102 Å². The van der Waals surface area contributed by atoms with Gasteiger partial charge in [0.2, 0.25) is 5.95 Å². The van der Waals surface area contributed by atoms with Gasteiger partial charge in [0.15, 0.2) is 0 Å². The minimum atomic E-state index is 0.0848. The Balaban J connectivity index is 2.79. The van der Waals surface area contributed by atoms with Gasteiger partial charge in [-0.25, -0.2) is 0 Å². The lowest BCUT2D eigenvalue weighted by molar-refractivity contribution is 0.189. The summed E-state index contributed by atoms with van der Waals surface area (Å²) in [5.74, 6) is 0.470. The van der Waals surface area contributed by atoms with Crippen molar-refractivity contribution in [3.63, 3.8) is 0 Å². The summed E-state index contributed by atoms with van der Waals surface area (Å²) in [4.78, 5) is 12.3. The van der Waals surface area contributed by atoms with Crippen molar-refractivity contribution < 1.29 is 9.47 Å². The SMILES string of the molecule is CCCC(C)Oc1nc(NCC)nc(OC)n1. The lowest BCUT2D eigenvalue weighted by Gasteiger charge is -2.13. The molecule has 1 unspecified atom stereocenters. The Morgan fingerprint density at radius 2 is 1.88 bits per heavy atom. The summed E-state index contributed by atoms with van der Waals surface area (Å²) in [5.41, 5.74) is 0. The lowest BCUT2D eigenvalue weighted by Crippen LogP contribution is -2.15. The largest absolute Gasteiger partial charge is 0.467 e. The predicted molar refractivity (Wildman–Crippen MR) is 65.5 cm³/mol. The molecule has 1 N–H and O–H groups in total. The molecular weight excluding hydrogens is 220 g/mol. The lowest BCUT2D eigenvalue weighted by atomic mass is 10.2. The summed E-state index contributed by atoms with van der Waals surface area (Å²) in [6.45, 7) is 6.80. The van der Waals surface area contributed by atoms with E-state index in [0.29, 0.717) is 12.0 Å². The molecule has 1 rings (SSSR count). The first-order valence-electron chi connectivity index (χ1n) is 5.90. The van der Waals surface area contributed by atoms with Gasteiger partial charge in [0.25, 0.3) is 0 Å². The zero-order chi connectivity index (χ0) is 12.7. The molecule has 0 aliphatic carbocycles. The van der Waals surface area contributed by atoms with Crippen molar-refractivity contribution >= 4 is 5.95 Å². The highest BCUT2D eigenvalue weighted by Crippen LogP contribution is 2.14. The van der Waals surface area contributed by atoms with E-state index in [2.05, 4.69) is 27.2 Å². The smallest absolute Gasteiger partial charge is 0.324 e. The van der Waals surface area contributed by atoms with E-state index < -0.39 is 0 Å². The Kier molecular flexibility index (Phi) is 5.45. The van der Waals surface area contributed by atoms with Gasteiger partial charge in [-0.2, -0.15) is 9.97 Å². The van der Waals surface area contributed by atoms with Crippen LogP contribution >= 0.6 is 0 Å². The normalized spacial score (nSPS) is 12.0. The number of anilines is 1. The van der Waals surface area contributed by atoms with Crippen LogP contribution in [-0.2, 0) is 0 Å². The highest BCUT2D eigenvalue weighted by atomic mass is 16.5. The van der Waals surface area contributed by atoms with Crippen LogP contribution in [0, 0.1) is 0 Å². The minimum Gasteiger partial charge on any atom is -0.467 e. The van der Waals surface area contributed by atoms with Crippen LogP contribution in [0.2, 0.25) is 0 Å². The molecule has 1 heterocycles. The molecule has 1 atom stereocenters. The molecule has 0 saturated heterocycles. The van der Waals surface area contributed by atoms with Gasteiger partial charge in [0.05, 0.1) is 13.2 Å². The topological polar surface area (TPSA) is 69.2 Å². The molecule has 0 radical (unpaired) electrons. The summed E-state index contributed by atoms with van der Waals surface area (Å²) < 4.78 is 10.6. The Hall–Kier alpha value is -1.59. The second-order valence-corrected chi connectivity index (χ2v) is 3.68. The van der Waals surface area contributed by atoms with Crippen molar-refractivity contribution in [3.8, 4) is 12.0 Å². The molecule has 17 heavy (non-hydrogen) atoms. The third-order valence-electron chi connectivity index (χ3n) is 2.11. The molecule has 6 heteroatoms. The maximum atomic E-state index is 5.60. The molecule has 0 bridgehead atoms. The van der Waals surface area contributed by atoms with Crippen molar-refractivity contribution in [2.24, 2.45) is 0 Å². The summed E-state index contributed by atoms with van der Waals surface area (Å²) in [5, 5.41) is 3.01. The highest BCUT2D eigenvalue weighted by Gasteiger charge is 2.10. The van der Waals surface area contributed by atoms with E-state index in [9.17, 15) is 0 Å². The fourth-order valence-corrected chi connectivity index (χ4v) is 1.36. The number of hydrogen-bond acceptors (Lipinski definition) is 6. The van der Waals surface area contributed by atoms with Gasteiger partial charge in [-0.1, -0.05) is 13.3 Å². The Morgan fingerprint density at radius 1 is 1.18 bits per heavy atom. The van der Waals surface area contributed by atoms with Crippen LogP contribution in [0.3, 0.4) is 0 Å². The number of aromatic nitrogens is 3. The number of methoxy groups -OCH3 is 1. The van der Waals surface area contributed by atoms with Crippen molar-refractivity contribution in [2.45, 2.75) is 39.7 Å². The van der Waals surface area contributed by atoms with E-state index >= 15 is 0 Å².